The van der Waals surface area contributed by atoms with E-state index < -0.39 is 15.7 Å². The number of carbonyl (C=O) groups excluding carboxylic acids is 1. The van der Waals surface area contributed by atoms with Crippen molar-refractivity contribution in [3.63, 3.8) is 0 Å². The van der Waals surface area contributed by atoms with Gasteiger partial charge in [0.15, 0.2) is 0 Å². The van der Waals surface area contributed by atoms with Crippen LogP contribution in [0.2, 0.25) is 0 Å². The monoisotopic (exact) mass is 277 g/mol. The summed E-state index contributed by atoms with van der Waals surface area (Å²) >= 11 is 0. The number of amides is 1. The van der Waals surface area contributed by atoms with Gasteiger partial charge in [0.1, 0.15) is 0 Å². The van der Waals surface area contributed by atoms with Crippen LogP contribution in [0.15, 0.2) is 41.8 Å². The lowest BCUT2D eigenvalue weighted by atomic mass is 10.0. The number of rotatable bonds is 3. The molecular weight excluding hydrogens is 266 g/mol. The normalized spacial score (nSPS) is 11.2. The number of nitrogens with two attached hydrogens (primary N) is 1. The van der Waals surface area contributed by atoms with Gasteiger partial charge in [-0.25, -0.2) is 18.4 Å². The molecule has 1 amide bonds. The molecule has 2 rings (SSSR count). The van der Waals surface area contributed by atoms with Crippen LogP contribution in [0.5, 0.6) is 0 Å². The minimum absolute atomic E-state index is 0.257. The molecule has 1 heterocycles. The molecule has 6 nitrogen and oxygen atoms in total. The first-order valence-corrected chi connectivity index (χ1v) is 7.20. The second kappa shape index (κ2) is 4.77. The summed E-state index contributed by atoms with van der Waals surface area (Å²) in [6, 6.07) is 6.71. The van der Waals surface area contributed by atoms with E-state index >= 15 is 0 Å². The fraction of sp³-hybridized carbons (Fsp3) is 0.0833. The van der Waals surface area contributed by atoms with Gasteiger partial charge in [0.2, 0.25) is 20.9 Å². The van der Waals surface area contributed by atoms with E-state index in [2.05, 4.69) is 9.97 Å². The van der Waals surface area contributed by atoms with Gasteiger partial charge < -0.3 is 5.73 Å². The fourth-order valence-corrected chi connectivity index (χ4v) is 2.08. The highest BCUT2D eigenvalue weighted by molar-refractivity contribution is 7.90. The Hall–Kier alpha value is -2.28. The van der Waals surface area contributed by atoms with E-state index in [1.54, 1.807) is 24.3 Å². The SMILES string of the molecule is CS(=O)(=O)c1ncc(-c2ccccc2C(N)=O)cn1. The third kappa shape index (κ3) is 2.76. The van der Waals surface area contributed by atoms with Gasteiger partial charge in [-0.2, -0.15) is 0 Å². The van der Waals surface area contributed by atoms with Crippen molar-refractivity contribution in [3.8, 4) is 11.1 Å². The van der Waals surface area contributed by atoms with Crippen LogP contribution in [0.1, 0.15) is 10.4 Å². The summed E-state index contributed by atoms with van der Waals surface area (Å²) < 4.78 is 22.5. The standard InChI is InChI=1S/C12H11N3O3S/c1-19(17,18)12-14-6-8(7-15-12)9-4-2-3-5-10(9)11(13)16/h2-7H,1H3,(H2,13,16). The van der Waals surface area contributed by atoms with E-state index in [-0.39, 0.29) is 5.16 Å². The van der Waals surface area contributed by atoms with Crippen LogP contribution in [0.4, 0.5) is 0 Å². The number of aromatic nitrogens is 2. The Kier molecular flexibility index (Phi) is 3.30. The smallest absolute Gasteiger partial charge is 0.249 e. The summed E-state index contributed by atoms with van der Waals surface area (Å²) in [5.74, 6) is -0.567. The molecule has 0 aliphatic rings. The second-order valence-electron chi connectivity index (χ2n) is 3.94. The maximum absolute atomic E-state index is 11.3. The first-order valence-electron chi connectivity index (χ1n) is 5.31. The average molecular weight is 277 g/mol. The van der Waals surface area contributed by atoms with Crippen LogP contribution >= 0.6 is 0 Å². The molecule has 0 fully saturated rings. The van der Waals surface area contributed by atoms with Crippen LogP contribution in [0, 0.1) is 0 Å². The Morgan fingerprint density at radius 3 is 2.26 bits per heavy atom. The van der Waals surface area contributed by atoms with E-state index in [1.165, 1.54) is 12.4 Å². The summed E-state index contributed by atoms with van der Waals surface area (Å²) in [4.78, 5) is 18.9. The molecule has 0 saturated heterocycles. The maximum Gasteiger partial charge on any atom is 0.249 e. The molecule has 0 radical (unpaired) electrons. The molecule has 19 heavy (non-hydrogen) atoms. The molecule has 0 unspecified atom stereocenters. The molecule has 98 valence electrons. The highest BCUT2D eigenvalue weighted by atomic mass is 32.2. The lowest BCUT2D eigenvalue weighted by Crippen LogP contribution is -2.12. The van der Waals surface area contributed by atoms with Gasteiger partial charge in [-0.3, -0.25) is 4.79 Å². The number of primary amides is 1. The number of nitrogens with zero attached hydrogens (tertiary/aromatic N) is 2. The van der Waals surface area contributed by atoms with Crippen molar-refractivity contribution in [2.45, 2.75) is 5.16 Å². The van der Waals surface area contributed by atoms with Crippen molar-refractivity contribution in [3.05, 3.63) is 42.2 Å². The maximum atomic E-state index is 11.3. The summed E-state index contributed by atoms with van der Waals surface area (Å²) in [5.41, 5.74) is 6.70. The largest absolute Gasteiger partial charge is 0.366 e. The van der Waals surface area contributed by atoms with E-state index in [9.17, 15) is 13.2 Å². The van der Waals surface area contributed by atoms with Crippen LogP contribution in [-0.4, -0.2) is 30.5 Å². The van der Waals surface area contributed by atoms with Crippen molar-refractivity contribution >= 4 is 15.7 Å². The molecule has 0 aliphatic carbocycles. The Balaban J connectivity index is 2.52. The highest BCUT2D eigenvalue weighted by Crippen LogP contribution is 2.22. The number of hydrogen-bond donors (Lipinski definition) is 1. The molecule has 1 aromatic carbocycles. The van der Waals surface area contributed by atoms with Gasteiger partial charge >= 0.3 is 0 Å². The first-order chi connectivity index (χ1) is 8.89. The van der Waals surface area contributed by atoms with Crippen LogP contribution < -0.4 is 5.73 Å². The van der Waals surface area contributed by atoms with Crippen LogP contribution in [0.25, 0.3) is 11.1 Å². The predicted molar refractivity (Wildman–Crippen MR) is 69.1 cm³/mol. The minimum Gasteiger partial charge on any atom is -0.366 e. The minimum atomic E-state index is -3.44. The molecule has 2 N–H and O–H groups in total. The number of benzene rings is 1. The van der Waals surface area contributed by atoms with Crippen molar-refractivity contribution in [2.24, 2.45) is 5.73 Å². The zero-order valence-corrected chi connectivity index (χ0v) is 10.9. The molecule has 0 atom stereocenters. The van der Waals surface area contributed by atoms with E-state index in [0.29, 0.717) is 16.7 Å². The van der Waals surface area contributed by atoms with Crippen molar-refractivity contribution in [1.29, 1.82) is 0 Å². The molecule has 7 heteroatoms. The molecule has 0 bridgehead atoms. The summed E-state index contributed by atoms with van der Waals surface area (Å²) in [6.45, 7) is 0. The van der Waals surface area contributed by atoms with E-state index in [0.717, 1.165) is 6.26 Å². The number of hydrogen-bond acceptors (Lipinski definition) is 5. The lowest BCUT2D eigenvalue weighted by molar-refractivity contribution is 0.100. The lowest BCUT2D eigenvalue weighted by Gasteiger charge is -2.06. The molecular formula is C12H11N3O3S. The average Bonchev–Trinajstić information content (AvgIpc) is 2.38. The summed E-state index contributed by atoms with van der Waals surface area (Å²) in [5, 5.41) is -0.257. The molecule has 0 spiro atoms. The number of carbonyl (C=O) groups is 1. The quantitative estimate of drug-likeness (QED) is 0.829. The third-order valence-corrected chi connectivity index (χ3v) is 3.34. The van der Waals surface area contributed by atoms with E-state index in [4.69, 9.17) is 5.73 Å². The Bertz CT molecular complexity index is 724. The first kappa shape index (κ1) is 13.2. The third-order valence-electron chi connectivity index (χ3n) is 2.46. The predicted octanol–water partition coefficient (Wildman–Crippen LogP) is 0.646. The van der Waals surface area contributed by atoms with Gasteiger partial charge in [-0.15, -0.1) is 0 Å². The summed E-state index contributed by atoms with van der Waals surface area (Å²) in [6.07, 6.45) is 3.73. The molecule has 0 saturated carbocycles. The second-order valence-corrected chi connectivity index (χ2v) is 5.85. The van der Waals surface area contributed by atoms with Crippen molar-refractivity contribution < 1.29 is 13.2 Å². The zero-order valence-electron chi connectivity index (χ0n) is 10.1. The Morgan fingerprint density at radius 2 is 1.74 bits per heavy atom. The van der Waals surface area contributed by atoms with Crippen molar-refractivity contribution in [2.75, 3.05) is 6.26 Å². The van der Waals surface area contributed by atoms with Crippen LogP contribution in [-0.2, 0) is 9.84 Å². The van der Waals surface area contributed by atoms with Gasteiger partial charge in [-0.05, 0) is 11.6 Å². The Labute approximate surface area is 110 Å². The fourth-order valence-electron chi connectivity index (χ4n) is 1.60. The van der Waals surface area contributed by atoms with Crippen molar-refractivity contribution in [1.82, 2.24) is 9.97 Å². The summed E-state index contributed by atoms with van der Waals surface area (Å²) in [7, 11) is -3.44. The zero-order chi connectivity index (χ0) is 14.0. The highest BCUT2D eigenvalue weighted by Gasteiger charge is 2.13. The molecule has 2 aromatic rings. The number of sulfone groups is 1. The van der Waals surface area contributed by atoms with E-state index in [1.807, 2.05) is 0 Å². The topological polar surface area (TPSA) is 103 Å². The van der Waals surface area contributed by atoms with Gasteiger partial charge in [0, 0.05) is 29.8 Å². The van der Waals surface area contributed by atoms with Gasteiger partial charge in [0.05, 0.1) is 0 Å². The van der Waals surface area contributed by atoms with Crippen LogP contribution in [0.3, 0.4) is 0 Å². The molecule has 0 aliphatic heterocycles. The Morgan fingerprint density at radius 1 is 1.16 bits per heavy atom. The van der Waals surface area contributed by atoms with Gasteiger partial charge in [0.25, 0.3) is 0 Å². The van der Waals surface area contributed by atoms with Gasteiger partial charge in [-0.1, -0.05) is 18.2 Å². The molecule has 1 aromatic heterocycles.